The van der Waals surface area contributed by atoms with Gasteiger partial charge in [0.2, 0.25) is 11.8 Å². The number of aromatic amines is 1. The number of benzene rings is 2. The number of amides is 2. The van der Waals surface area contributed by atoms with Crippen LogP contribution in [-0.2, 0) is 9.59 Å². The van der Waals surface area contributed by atoms with Gasteiger partial charge in [-0.05, 0) is 24.6 Å². The summed E-state index contributed by atoms with van der Waals surface area (Å²) in [6, 6.07) is 15.4. The molecule has 0 spiro atoms. The lowest BCUT2D eigenvalue weighted by Gasteiger charge is -2.07. The molecule has 0 unspecified atom stereocenters. The van der Waals surface area contributed by atoms with Crippen LogP contribution in [0, 0.1) is 6.92 Å². The van der Waals surface area contributed by atoms with Crippen molar-refractivity contribution in [3.8, 4) is 0 Å². The predicted molar refractivity (Wildman–Crippen MR) is 103 cm³/mol. The van der Waals surface area contributed by atoms with Crippen molar-refractivity contribution in [2.24, 2.45) is 5.10 Å². The number of nitrogens with one attached hydrogen (secondary N) is 3. The summed E-state index contributed by atoms with van der Waals surface area (Å²) in [6.07, 6.45) is 3.59. The lowest BCUT2D eigenvalue weighted by atomic mass is 10.2. The zero-order valence-electron chi connectivity index (χ0n) is 14.5. The molecule has 0 bridgehead atoms. The smallest absolute Gasteiger partial charge is 0.240 e. The fraction of sp³-hybridized carbons (Fsp3) is 0.150. The Hall–Kier alpha value is -3.41. The minimum atomic E-state index is -0.305. The maximum Gasteiger partial charge on any atom is 0.240 e. The first-order chi connectivity index (χ1) is 12.6. The zero-order chi connectivity index (χ0) is 18.4. The number of hydrazone groups is 1. The number of nitrogens with zero attached hydrogens (tertiary/aromatic N) is 1. The van der Waals surface area contributed by atoms with Crippen LogP contribution in [0.25, 0.3) is 10.9 Å². The third kappa shape index (κ3) is 4.36. The number of carbonyl (C=O) groups excluding carboxylic acids is 2. The molecule has 0 aliphatic rings. The molecule has 2 aromatic carbocycles. The van der Waals surface area contributed by atoms with E-state index in [1.807, 2.05) is 61.7 Å². The Kier molecular flexibility index (Phi) is 5.43. The van der Waals surface area contributed by atoms with Gasteiger partial charge in [0, 0.05) is 41.2 Å². The second-order valence-electron chi connectivity index (χ2n) is 5.95. The van der Waals surface area contributed by atoms with E-state index in [1.165, 1.54) is 0 Å². The monoisotopic (exact) mass is 348 g/mol. The van der Waals surface area contributed by atoms with Crippen LogP contribution in [-0.4, -0.2) is 23.0 Å². The van der Waals surface area contributed by atoms with Crippen molar-refractivity contribution in [1.29, 1.82) is 0 Å². The number of H-pyrrole nitrogens is 1. The van der Waals surface area contributed by atoms with E-state index in [4.69, 9.17) is 0 Å². The number of carbonyl (C=O) groups is 2. The SMILES string of the molecule is Cc1ccccc1NC(=O)CCC(=O)N/N=C/c1c[nH]c2ccccc12. The van der Waals surface area contributed by atoms with Gasteiger partial charge >= 0.3 is 0 Å². The average Bonchev–Trinajstić information content (AvgIpc) is 3.05. The molecule has 0 aliphatic carbocycles. The Morgan fingerprint density at radius 1 is 1.04 bits per heavy atom. The highest BCUT2D eigenvalue weighted by Crippen LogP contribution is 2.15. The molecule has 3 rings (SSSR count). The standard InChI is InChI=1S/C20H20N4O2/c1-14-6-2-4-8-17(14)23-19(25)10-11-20(26)24-22-13-15-12-21-18-9-5-3-7-16(15)18/h2-9,12-13,21H,10-11H2,1H3,(H,23,25)(H,24,26)/b22-13+. The molecular formula is C20H20N4O2. The lowest BCUT2D eigenvalue weighted by Crippen LogP contribution is -2.20. The highest BCUT2D eigenvalue weighted by Gasteiger charge is 2.08. The van der Waals surface area contributed by atoms with Crippen molar-refractivity contribution < 1.29 is 9.59 Å². The number of rotatable bonds is 6. The minimum absolute atomic E-state index is 0.0724. The number of para-hydroxylation sites is 2. The largest absolute Gasteiger partial charge is 0.361 e. The Bertz CT molecular complexity index is 959. The van der Waals surface area contributed by atoms with Gasteiger partial charge in [-0.3, -0.25) is 9.59 Å². The lowest BCUT2D eigenvalue weighted by molar-refractivity contribution is -0.124. The molecule has 6 nitrogen and oxygen atoms in total. The van der Waals surface area contributed by atoms with Crippen LogP contribution in [0.5, 0.6) is 0 Å². The van der Waals surface area contributed by atoms with Gasteiger partial charge in [0.05, 0.1) is 6.21 Å². The van der Waals surface area contributed by atoms with Crippen molar-refractivity contribution in [2.75, 3.05) is 5.32 Å². The summed E-state index contributed by atoms with van der Waals surface area (Å²) in [6.45, 7) is 1.92. The molecule has 6 heteroatoms. The van der Waals surface area contributed by atoms with Crippen molar-refractivity contribution in [3.05, 3.63) is 65.9 Å². The molecule has 2 amide bonds. The molecule has 0 aliphatic heterocycles. The molecule has 132 valence electrons. The van der Waals surface area contributed by atoms with E-state index in [-0.39, 0.29) is 24.7 Å². The summed E-state index contributed by atoms with van der Waals surface area (Å²) in [5.74, 6) is -0.504. The average molecular weight is 348 g/mol. The van der Waals surface area contributed by atoms with Gasteiger partial charge < -0.3 is 10.3 Å². The second kappa shape index (κ2) is 8.11. The molecule has 0 atom stereocenters. The number of aryl methyl sites for hydroxylation is 1. The minimum Gasteiger partial charge on any atom is -0.361 e. The van der Waals surface area contributed by atoms with Gasteiger partial charge in [-0.1, -0.05) is 36.4 Å². The number of anilines is 1. The topological polar surface area (TPSA) is 86.3 Å². The molecule has 26 heavy (non-hydrogen) atoms. The number of hydrogen-bond acceptors (Lipinski definition) is 3. The zero-order valence-corrected chi connectivity index (χ0v) is 14.5. The number of aromatic nitrogens is 1. The molecular weight excluding hydrogens is 328 g/mol. The third-order valence-corrected chi connectivity index (χ3v) is 4.01. The van der Waals surface area contributed by atoms with E-state index in [2.05, 4.69) is 20.8 Å². The maximum absolute atomic E-state index is 11.9. The molecule has 1 aromatic heterocycles. The normalized spacial score (nSPS) is 11.0. The van der Waals surface area contributed by atoms with Gasteiger partial charge in [0.1, 0.15) is 0 Å². The van der Waals surface area contributed by atoms with Crippen LogP contribution >= 0.6 is 0 Å². The van der Waals surface area contributed by atoms with Crippen LogP contribution in [0.15, 0.2) is 59.8 Å². The second-order valence-corrected chi connectivity index (χ2v) is 5.95. The maximum atomic E-state index is 11.9. The van der Waals surface area contributed by atoms with E-state index < -0.39 is 0 Å². The highest BCUT2D eigenvalue weighted by atomic mass is 16.2. The molecule has 3 N–H and O–H groups in total. The molecule has 0 radical (unpaired) electrons. The third-order valence-electron chi connectivity index (χ3n) is 4.01. The highest BCUT2D eigenvalue weighted by molar-refractivity contribution is 5.99. The summed E-state index contributed by atoms with van der Waals surface area (Å²) >= 11 is 0. The Labute approximate surface area is 151 Å². The van der Waals surface area contributed by atoms with Gasteiger partial charge in [-0.2, -0.15) is 5.10 Å². The molecule has 0 saturated carbocycles. The fourth-order valence-electron chi connectivity index (χ4n) is 2.58. The van der Waals surface area contributed by atoms with Gasteiger partial charge in [-0.25, -0.2) is 5.43 Å². The Morgan fingerprint density at radius 3 is 2.62 bits per heavy atom. The van der Waals surface area contributed by atoms with E-state index in [0.29, 0.717) is 0 Å². The van der Waals surface area contributed by atoms with Crippen molar-refractivity contribution in [1.82, 2.24) is 10.4 Å². The molecule has 0 saturated heterocycles. The van der Waals surface area contributed by atoms with Crippen molar-refractivity contribution in [2.45, 2.75) is 19.8 Å². The fourth-order valence-corrected chi connectivity index (χ4v) is 2.58. The van der Waals surface area contributed by atoms with E-state index in [0.717, 1.165) is 27.7 Å². The van der Waals surface area contributed by atoms with Crippen molar-refractivity contribution in [3.63, 3.8) is 0 Å². The van der Waals surface area contributed by atoms with Crippen LogP contribution in [0.1, 0.15) is 24.0 Å². The Morgan fingerprint density at radius 2 is 1.77 bits per heavy atom. The van der Waals surface area contributed by atoms with Gasteiger partial charge in [0.15, 0.2) is 0 Å². The predicted octanol–water partition coefficient (Wildman–Crippen LogP) is 3.35. The molecule has 0 fully saturated rings. The summed E-state index contributed by atoms with van der Waals surface area (Å²) in [5, 5.41) is 7.80. The first-order valence-corrected chi connectivity index (χ1v) is 8.37. The Balaban J connectivity index is 1.47. The van der Waals surface area contributed by atoms with Crippen LogP contribution < -0.4 is 10.7 Å². The van der Waals surface area contributed by atoms with Gasteiger partial charge in [0.25, 0.3) is 0 Å². The van der Waals surface area contributed by atoms with Crippen LogP contribution in [0.4, 0.5) is 5.69 Å². The number of hydrogen-bond donors (Lipinski definition) is 3. The molecule has 3 aromatic rings. The van der Waals surface area contributed by atoms with Crippen molar-refractivity contribution >= 4 is 34.6 Å². The first kappa shape index (κ1) is 17.4. The summed E-state index contributed by atoms with van der Waals surface area (Å²) in [7, 11) is 0. The quantitative estimate of drug-likeness (QED) is 0.471. The van der Waals surface area contributed by atoms with Gasteiger partial charge in [-0.15, -0.1) is 0 Å². The first-order valence-electron chi connectivity index (χ1n) is 8.37. The molecule has 1 heterocycles. The summed E-state index contributed by atoms with van der Waals surface area (Å²) in [4.78, 5) is 26.9. The van der Waals surface area contributed by atoms with E-state index in [9.17, 15) is 9.59 Å². The summed E-state index contributed by atoms with van der Waals surface area (Å²) in [5.41, 5.74) is 6.09. The number of fused-ring (bicyclic) bond motifs is 1. The van der Waals surface area contributed by atoms with E-state index >= 15 is 0 Å². The van der Waals surface area contributed by atoms with Crippen LogP contribution in [0.3, 0.4) is 0 Å². The van der Waals surface area contributed by atoms with Crippen LogP contribution in [0.2, 0.25) is 0 Å². The van der Waals surface area contributed by atoms with E-state index in [1.54, 1.807) is 6.21 Å². The summed E-state index contributed by atoms with van der Waals surface area (Å²) < 4.78 is 0.